The Bertz CT molecular complexity index is 356. The molecule has 0 bridgehead atoms. The lowest BCUT2D eigenvalue weighted by molar-refractivity contribution is -0.0163. The molecule has 0 radical (unpaired) electrons. The van der Waals surface area contributed by atoms with Crippen molar-refractivity contribution in [3.05, 3.63) is 0 Å². The molecule has 5 nitrogen and oxygen atoms in total. The zero-order valence-corrected chi connectivity index (χ0v) is 17.4. The van der Waals surface area contributed by atoms with E-state index < -0.39 is 0 Å². The van der Waals surface area contributed by atoms with Crippen LogP contribution in [-0.4, -0.2) is 86.3 Å². The Labute approximate surface area is 156 Å². The van der Waals surface area contributed by atoms with Crippen molar-refractivity contribution in [1.29, 1.82) is 0 Å². The first-order valence-corrected chi connectivity index (χ1v) is 9.02. The Hall–Kier alpha value is 0.270. The van der Waals surface area contributed by atoms with Crippen molar-refractivity contribution in [3.8, 4) is 0 Å². The molecule has 2 heterocycles. The van der Waals surface area contributed by atoms with Gasteiger partial charge in [0.05, 0.1) is 12.7 Å². The van der Waals surface area contributed by atoms with Crippen LogP contribution in [0.4, 0.5) is 0 Å². The maximum atomic E-state index is 5.81. The van der Waals surface area contributed by atoms with Crippen LogP contribution in [0, 0.1) is 5.92 Å². The fraction of sp³-hybridized carbons (Fsp3) is 0.933. The standard InChI is InChI=1S/C15H30N4OS.HI/c1-12(2)14-11-19(6-8-21-14)15(16-3)17-9-13-10-18(4)5-7-20-13;/h12-14H,5-11H2,1-4H3,(H,16,17);1H. The second kappa shape index (κ2) is 10.2. The Kier molecular flexibility index (Phi) is 9.42. The van der Waals surface area contributed by atoms with E-state index in [1.54, 1.807) is 0 Å². The second-order valence-corrected chi connectivity index (χ2v) is 7.63. The minimum Gasteiger partial charge on any atom is -0.374 e. The lowest BCUT2D eigenvalue weighted by atomic mass is 10.1. The van der Waals surface area contributed by atoms with Crippen molar-refractivity contribution in [3.63, 3.8) is 0 Å². The molecule has 0 aromatic heterocycles. The minimum absolute atomic E-state index is 0. The number of hydrogen-bond acceptors (Lipinski definition) is 4. The van der Waals surface area contributed by atoms with Gasteiger partial charge in [-0.2, -0.15) is 11.8 Å². The summed E-state index contributed by atoms with van der Waals surface area (Å²) in [6.45, 7) is 10.5. The molecule has 22 heavy (non-hydrogen) atoms. The van der Waals surface area contributed by atoms with Crippen LogP contribution in [-0.2, 0) is 4.74 Å². The Morgan fingerprint density at radius 1 is 1.36 bits per heavy atom. The summed E-state index contributed by atoms with van der Waals surface area (Å²) < 4.78 is 5.81. The van der Waals surface area contributed by atoms with E-state index in [1.807, 2.05) is 7.05 Å². The summed E-state index contributed by atoms with van der Waals surface area (Å²) in [4.78, 5) is 9.18. The summed E-state index contributed by atoms with van der Waals surface area (Å²) in [6.07, 6.45) is 0.264. The zero-order chi connectivity index (χ0) is 15.2. The SMILES string of the molecule is CN=C(NCC1CN(C)CCO1)N1CCSC(C(C)C)C1.I. The van der Waals surface area contributed by atoms with Gasteiger partial charge in [-0.05, 0) is 13.0 Å². The van der Waals surface area contributed by atoms with Crippen LogP contribution in [0.2, 0.25) is 0 Å². The molecule has 0 spiro atoms. The third kappa shape index (κ3) is 6.05. The summed E-state index contributed by atoms with van der Waals surface area (Å²) in [6, 6.07) is 0. The predicted molar refractivity (Wildman–Crippen MR) is 107 cm³/mol. The number of morpholine rings is 1. The highest BCUT2D eigenvalue weighted by atomic mass is 127. The highest BCUT2D eigenvalue weighted by molar-refractivity contribution is 14.0. The van der Waals surface area contributed by atoms with Crippen molar-refractivity contribution < 1.29 is 4.74 Å². The average molecular weight is 442 g/mol. The molecule has 130 valence electrons. The fourth-order valence-electron chi connectivity index (χ4n) is 2.80. The van der Waals surface area contributed by atoms with Crippen molar-refractivity contribution in [2.45, 2.75) is 25.2 Å². The maximum absolute atomic E-state index is 5.81. The quantitative estimate of drug-likeness (QED) is 0.409. The first kappa shape index (κ1) is 20.3. The average Bonchev–Trinajstić information content (AvgIpc) is 2.48. The number of guanidine groups is 1. The van der Waals surface area contributed by atoms with Crippen LogP contribution in [0.25, 0.3) is 0 Å². The van der Waals surface area contributed by atoms with E-state index in [9.17, 15) is 0 Å². The van der Waals surface area contributed by atoms with Crippen LogP contribution in [0.1, 0.15) is 13.8 Å². The monoisotopic (exact) mass is 442 g/mol. The molecule has 2 saturated heterocycles. The number of ether oxygens (including phenoxy) is 1. The third-order valence-corrected chi connectivity index (χ3v) is 5.72. The Morgan fingerprint density at radius 2 is 2.14 bits per heavy atom. The van der Waals surface area contributed by atoms with E-state index in [0.29, 0.717) is 11.2 Å². The first-order chi connectivity index (χ1) is 10.1. The highest BCUT2D eigenvalue weighted by Gasteiger charge is 2.25. The van der Waals surface area contributed by atoms with E-state index in [2.05, 4.69) is 52.8 Å². The highest BCUT2D eigenvalue weighted by Crippen LogP contribution is 2.24. The molecule has 2 atom stereocenters. The van der Waals surface area contributed by atoms with Gasteiger partial charge in [-0.15, -0.1) is 24.0 Å². The fourth-order valence-corrected chi connectivity index (χ4v) is 4.10. The van der Waals surface area contributed by atoms with Crippen LogP contribution in [0.5, 0.6) is 0 Å². The van der Waals surface area contributed by atoms with Crippen molar-refractivity contribution in [1.82, 2.24) is 15.1 Å². The number of nitrogens with zero attached hydrogens (tertiary/aromatic N) is 3. The van der Waals surface area contributed by atoms with Crippen LogP contribution in [0.15, 0.2) is 4.99 Å². The molecule has 2 fully saturated rings. The number of thioether (sulfide) groups is 1. The van der Waals surface area contributed by atoms with Gasteiger partial charge in [-0.25, -0.2) is 0 Å². The van der Waals surface area contributed by atoms with Gasteiger partial charge in [0.15, 0.2) is 5.96 Å². The number of hydrogen-bond donors (Lipinski definition) is 1. The van der Waals surface area contributed by atoms with Gasteiger partial charge in [0.25, 0.3) is 0 Å². The van der Waals surface area contributed by atoms with Gasteiger partial charge < -0.3 is 19.9 Å². The normalized spacial score (nSPS) is 27.7. The van der Waals surface area contributed by atoms with Crippen molar-refractivity contribution in [2.75, 3.05) is 59.2 Å². The lowest BCUT2D eigenvalue weighted by Crippen LogP contribution is -2.52. The number of nitrogens with one attached hydrogen (secondary N) is 1. The van der Waals surface area contributed by atoms with Gasteiger partial charge in [0, 0.05) is 50.8 Å². The van der Waals surface area contributed by atoms with Crippen molar-refractivity contribution >= 4 is 41.7 Å². The number of halogens is 1. The molecule has 2 aliphatic heterocycles. The molecular weight excluding hydrogens is 411 g/mol. The molecule has 2 rings (SSSR count). The molecule has 2 unspecified atom stereocenters. The van der Waals surface area contributed by atoms with Crippen LogP contribution >= 0.6 is 35.7 Å². The van der Waals surface area contributed by atoms with Gasteiger partial charge in [-0.3, -0.25) is 4.99 Å². The molecule has 0 aromatic carbocycles. The number of likely N-dealkylation sites (N-methyl/N-ethyl adjacent to an activating group) is 1. The Balaban J connectivity index is 0.00000242. The number of aliphatic imine (C=N–C) groups is 1. The molecule has 1 N–H and O–H groups in total. The van der Waals surface area contributed by atoms with E-state index in [4.69, 9.17) is 4.74 Å². The lowest BCUT2D eigenvalue weighted by Gasteiger charge is -2.37. The molecule has 0 aliphatic carbocycles. The van der Waals surface area contributed by atoms with Gasteiger partial charge in [-0.1, -0.05) is 13.8 Å². The molecule has 0 saturated carbocycles. The van der Waals surface area contributed by atoms with E-state index in [0.717, 1.165) is 45.3 Å². The smallest absolute Gasteiger partial charge is 0.193 e. The summed E-state index contributed by atoms with van der Waals surface area (Å²) in [5, 5.41) is 4.21. The topological polar surface area (TPSA) is 40.1 Å². The molecule has 2 aliphatic rings. The van der Waals surface area contributed by atoms with E-state index >= 15 is 0 Å². The molecular formula is C15H31IN4OS. The molecule has 0 aromatic rings. The molecule has 7 heteroatoms. The summed E-state index contributed by atoms with van der Waals surface area (Å²) in [7, 11) is 4.03. The van der Waals surface area contributed by atoms with Crippen molar-refractivity contribution in [2.24, 2.45) is 10.9 Å². The van der Waals surface area contributed by atoms with Gasteiger partial charge in [0.1, 0.15) is 0 Å². The van der Waals surface area contributed by atoms with E-state index in [-0.39, 0.29) is 30.1 Å². The van der Waals surface area contributed by atoms with Gasteiger partial charge >= 0.3 is 0 Å². The van der Waals surface area contributed by atoms with Crippen LogP contribution in [0.3, 0.4) is 0 Å². The summed E-state index contributed by atoms with van der Waals surface area (Å²) >= 11 is 2.09. The third-order valence-electron chi connectivity index (χ3n) is 4.18. The zero-order valence-electron chi connectivity index (χ0n) is 14.2. The number of rotatable bonds is 3. The molecule has 0 amide bonds. The predicted octanol–water partition coefficient (Wildman–Crippen LogP) is 1.58. The Morgan fingerprint density at radius 3 is 2.77 bits per heavy atom. The second-order valence-electron chi connectivity index (χ2n) is 6.28. The minimum atomic E-state index is 0. The van der Waals surface area contributed by atoms with E-state index in [1.165, 1.54) is 5.75 Å². The summed E-state index contributed by atoms with van der Waals surface area (Å²) in [5.41, 5.74) is 0. The largest absolute Gasteiger partial charge is 0.374 e. The first-order valence-electron chi connectivity index (χ1n) is 7.97. The maximum Gasteiger partial charge on any atom is 0.193 e. The van der Waals surface area contributed by atoms with Crippen LogP contribution < -0.4 is 5.32 Å². The van der Waals surface area contributed by atoms with Gasteiger partial charge in [0.2, 0.25) is 0 Å². The summed E-state index contributed by atoms with van der Waals surface area (Å²) in [5.74, 6) is 2.93.